The van der Waals surface area contributed by atoms with Crippen LogP contribution in [0.2, 0.25) is 10.0 Å². The average Bonchev–Trinajstić information content (AvgIpc) is 3.43. The van der Waals surface area contributed by atoms with Gasteiger partial charge in [-0.2, -0.15) is 0 Å². The first-order chi connectivity index (χ1) is 19.7. The molecule has 1 amide bonds. The predicted molar refractivity (Wildman–Crippen MR) is 170 cm³/mol. The zero-order valence-corrected chi connectivity index (χ0v) is 25.5. The summed E-state index contributed by atoms with van der Waals surface area (Å²) in [4.78, 5) is 19.0. The summed E-state index contributed by atoms with van der Waals surface area (Å²) in [7, 11) is -3.72. The molecule has 208 valence electrons. The summed E-state index contributed by atoms with van der Waals surface area (Å²) < 4.78 is 28.1. The smallest absolute Gasteiger partial charge is 0.261 e. The van der Waals surface area contributed by atoms with Gasteiger partial charge in [0, 0.05) is 21.5 Å². The zero-order valence-electron chi connectivity index (χ0n) is 21.5. The van der Waals surface area contributed by atoms with Crippen molar-refractivity contribution in [1.29, 1.82) is 0 Å². The van der Waals surface area contributed by atoms with E-state index in [4.69, 9.17) is 23.2 Å². The first-order valence-electron chi connectivity index (χ1n) is 12.3. The van der Waals surface area contributed by atoms with Crippen LogP contribution in [0.4, 0.5) is 10.8 Å². The van der Waals surface area contributed by atoms with Crippen molar-refractivity contribution in [2.45, 2.75) is 22.0 Å². The predicted octanol–water partition coefficient (Wildman–Crippen LogP) is 8.70. The molecule has 1 heterocycles. The number of nitrogens with one attached hydrogen (secondary N) is 2. The van der Waals surface area contributed by atoms with Crippen molar-refractivity contribution < 1.29 is 13.2 Å². The minimum absolute atomic E-state index is 0.187. The third-order valence-electron chi connectivity index (χ3n) is 5.98. The molecule has 0 saturated heterocycles. The van der Waals surface area contributed by atoms with Crippen LogP contribution in [0.1, 0.15) is 16.4 Å². The monoisotopic (exact) mass is 639 g/mol. The minimum atomic E-state index is -3.72. The highest BCUT2D eigenvalue weighted by molar-refractivity contribution is 8.00. The maximum atomic E-state index is 13.5. The number of hydrogen-bond acceptors (Lipinski definition) is 6. The minimum Gasteiger partial charge on any atom is -0.301 e. The van der Waals surface area contributed by atoms with E-state index in [9.17, 15) is 13.2 Å². The molecule has 0 bridgehead atoms. The fourth-order valence-corrected chi connectivity index (χ4v) is 6.96. The highest BCUT2D eigenvalue weighted by atomic mass is 35.5. The van der Waals surface area contributed by atoms with E-state index in [1.54, 1.807) is 60.7 Å². The number of thioether (sulfide) groups is 1. The van der Waals surface area contributed by atoms with E-state index in [0.29, 0.717) is 26.6 Å². The van der Waals surface area contributed by atoms with Crippen molar-refractivity contribution >= 4 is 73.0 Å². The molecule has 1 atom stereocenters. The Bertz CT molecular complexity index is 1780. The summed E-state index contributed by atoms with van der Waals surface area (Å²) in [6, 6.07) is 28.3. The number of carbonyl (C=O) groups excluding carboxylic acids is 1. The number of sulfonamides is 1. The number of amides is 1. The number of anilines is 2. The first-order valence-corrected chi connectivity index (χ1v) is 16.3. The Morgan fingerprint density at radius 2 is 1.61 bits per heavy atom. The Morgan fingerprint density at radius 3 is 2.29 bits per heavy atom. The van der Waals surface area contributed by atoms with Gasteiger partial charge in [-0.3, -0.25) is 9.52 Å². The van der Waals surface area contributed by atoms with Gasteiger partial charge in [-0.15, -0.1) is 23.1 Å². The third-order valence-corrected chi connectivity index (χ3v) is 10.1. The van der Waals surface area contributed by atoms with E-state index in [2.05, 4.69) is 15.0 Å². The fraction of sp³-hybridized carbons (Fsp3) is 0.0667. The Hall–Kier alpha value is -3.34. The van der Waals surface area contributed by atoms with Crippen molar-refractivity contribution in [1.82, 2.24) is 4.98 Å². The highest BCUT2D eigenvalue weighted by Crippen LogP contribution is 2.38. The van der Waals surface area contributed by atoms with Gasteiger partial charge in [0.05, 0.1) is 20.6 Å². The van der Waals surface area contributed by atoms with Crippen LogP contribution >= 0.6 is 46.3 Å². The zero-order chi connectivity index (χ0) is 29.0. The molecule has 1 aromatic heterocycles. The lowest BCUT2D eigenvalue weighted by Crippen LogP contribution is -2.19. The maximum Gasteiger partial charge on any atom is 0.261 e. The lowest BCUT2D eigenvalue weighted by atomic mass is 10.1. The third kappa shape index (κ3) is 7.30. The molecule has 0 fully saturated rings. The van der Waals surface area contributed by atoms with Crippen LogP contribution in [0.25, 0.3) is 11.3 Å². The Balaban J connectivity index is 1.31. The van der Waals surface area contributed by atoms with E-state index in [-0.39, 0.29) is 10.8 Å². The summed E-state index contributed by atoms with van der Waals surface area (Å²) in [5.74, 6) is -0.236. The van der Waals surface area contributed by atoms with Crippen LogP contribution < -0.4 is 10.0 Å². The van der Waals surface area contributed by atoms with E-state index in [0.717, 1.165) is 21.6 Å². The van der Waals surface area contributed by atoms with E-state index >= 15 is 0 Å². The van der Waals surface area contributed by atoms with E-state index in [1.807, 2.05) is 48.7 Å². The number of aromatic nitrogens is 1. The highest BCUT2D eigenvalue weighted by Gasteiger charge is 2.23. The molecule has 0 radical (unpaired) electrons. The van der Waals surface area contributed by atoms with E-state index < -0.39 is 15.3 Å². The molecular formula is C30H23Cl2N3O3S3. The number of hydrogen-bond donors (Lipinski definition) is 2. The standard InChI is InChI=1S/C30H23Cl2N3O3S3/c1-19-7-14-24(15-8-19)41(37,38)35-22-10-12-23(13-11-22)40-28(20-5-3-2-4-6-20)29(36)34-30-33-27(18-39-30)21-9-16-25(31)26(32)17-21/h2-18,28,35H,1H3,(H,33,34,36). The second-order valence-electron chi connectivity index (χ2n) is 9.01. The first kappa shape index (κ1) is 29.2. The van der Waals surface area contributed by atoms with Crippen LogP contribution in [-0.2, 0) is 14.8 Å². The molecular weight excluding hydrogens is 617 g/mol. The molecule has 41 heavy (non-hydrogen) atoms. The number of thiazole rings is 1. The van der Waals surface area contributed by atoms with Gasteiger partial charge in [0.25, 0.3) is 10.0 Å². The largest absolute Gasteiger partial charge is 0.301 e. The van der Waals surface area contributed by atoms with Gasteiger partial charge in [0.15, 0.2) is 5.13 Å². The van der Waals surface area contributed by atoms with Gasteiger partial charge in [-0.1, -0.05) is 77.3 Å². The number of nitrogens with zero attached hydrogens (tertiary/aromatic N) is 1. The molecule has 0 spiro atoms. The van der Waals surface area contributed by atoms with Crippen LogP contribution in [-0.4, -0.2) is 19.3 Å². The number of rotatable bonds is 9. The molecule has 4 aromatic carbocycles. The van der Waals surface area contributed by atoms with Crippen molar-refractivity contribution in [3.63, 3.8) is 0 Å². The summed E-state index contributed by atoms with van der Waals surface area (Å²) in [5.41, 5.74) is 3.69. The molecule has 5 rings (SSSR count). The second kappa shape index (κ2) is 12.7. The van der Waals surface area contributed by atoms with Crippen molar-refractivity contribution in [2.75, 3.05) is 10.0 Å². The van der Waals surface area contributed by atoms with Crippen LogP contribution in [0.3, 0.4) is 0 Å². The van der Waals surface area contributed by atoms with Crippen molar-refractivity contribution in [3.05, 3.63) is 124 Å². The molecule has 0 aliphatic carbocycles. The molecule has 5 aromatic rings. The number of carbonyl (C=O) groups is 1. The van der Waals surface area contributed by atoms with Gasteiger partial charge in [-0.05, 0) is 61.0 Å². The molecule has 0 saturated carbocycles. The Labute approximate surface area is 256 Å². The molecule has 0 aliphatic rings. The molecule has 1 unspecified atom stereocenters. The van der Waals surface area contributed by atoms with Gasteiger partial charge < -0.3 is 5.32 Å². The summed E-state index contributed by atoms with van der Waals surface area (Å²) in [6.07, 6.45) is 0. The summed E-state index contributed by atoms with van der Waals surface area (Å²) >= 11 is 14.9. The van der Waals surface area contributed by atoms with Gasteiger partial charge in [-0.25, -0.2) is 13.4 Å². The lowest BCUT2D eigenvalue weighted by Gasteiger charge is -2.16. The number of aryl methyl sites for hydroxylation is 1. The SMILES string of the molecule is Cc1ccc(S(=O)(=O)Nc2ccc(SC(C(=O)Nc3nc(-c4ccc(Cl)c(Cl)c4)cs3)c3ccccc3)cc2)cc1. The lowest BCUT2D eigenvalue weighted by molar-refractivity contribution is -0.115. The quantitative estimate of drug-likeness (QED) is 0.157. The van der Waals surface area contributed by atoms with Crippen LogP contribution in [0.5, 0.6) is 0 Å². The second-order valence-corrected chi connectivity index (χ2v) is 13.5. The fourth-order valence-electron chi connectivity index (χ4n) is 3.86. The van der Waals surface area contributed by atoms with Gasteiger partial charge in [0.1, 0.15) is 5.25 Å². The normalized spacial score (nSPS) is 12.1. The Morgan fingerprint density at radius 1 is 0.902 bits per heavy atom. The summed E-state index contributed by atoms with van der Waals surface area (Å²) in [6.45, 7) is 1.90. The topological polar surface area (TPSA) is 88.2 Å². The molecule has 2 N–H and O–H groups in total. The van der Waals surface area contributed by atoms with Crippen molar-refractivity contribution in [3.8, 4) is 11.3 Å². The van der Waals surface area contributed by atoms with Crippen molar-refractivity contribution in [2.24, 2.45) is 0 Å². The number of benzene rings is 4. The van der Waals surface area contributed by atoms with Crippen LogP contribution in [0.15, 0.2) is 112 Å². The average molecular weight is 641 g/mol. The Kier molecular flexibility index (Phi) is 9.01. The van der Waals surface area contributed by atoms with Gasteiger partial charge in [0.2, 0.25) is 5.91 Å². The maximum absolute atomic E-state index is 13.5. The molecule has 11 heteroatoms. The van der Waals surface area contributed by atoms with E-state index in [1.165, 1.54) is 23.1 Å². The van der Waals surface area contributed by atoms with Gasteiger partial charge >= 0.3 is 0 Å². The van der Waals surface area contributed by atoms with Crippen LogP contribution in [0, 0.1) is 6.92 Å². The summed E-state index contributed by atoms with van der Waals surface area (Å²) in [5, 5.41) is 5.54. The molecule has 0 aliphatic heterocycles. The molecule has 6 nitrogen and oxygen atoms in total. The number of halogens is 2.